The van der Waals surface area contributed by atoms with Gasteiger partial charge < -0.3 is 10.2 Å². The molecule has 1 aromatic carbocycles. The standard InChI is InChI=1S/C16H26N2/c1-13(2)14-7-6-8-15(11-14)17-12-16-9-4-5-10-18(16)3/h6-8,11,13,16-17H,4-5,9-10,12H2,1-3H3. The fourth-order valence-electron chi connectivity index (χ4n) is 2.65. The molecule has 2 heteroatoms. The second-order valence-electron chi connectivity index (χ2n) is 5.79. The fraction of sp³-hybridized carbons (Fsp3) is 0.625. The van der Waals surface area contributed by atoms with Gasteiger partial charge in [0.05, 0.1) is 0 Å². The van der Waals surface area contributed by atoms with Crippen LogP contribution in [0.3, 0.4) is 0 Å². The number of hydrogen-bond donors (Lipinski definition) is 1. The molecule has 0 amide bonds. The first-order valence-corrected chi connectivity index (χ1v) is 7.21. The first kappa shape index (κ1) is 13.4. The van der Waals surface area contributed by atoms with E-state index in [0.717, 1.165) is 6.54 Å². The second kappa shape index (κ2) is 6.24. The Morgan fingerprint density at radius 2 is 2.17 bits per heavy atom. The lowest BCUT2D eigenvalue weighted by molar-refractivity contribution is 0.194. The Kier molecular flexibility index (Phi) is 4.65. The first-order valence-electron chi connectivity index (χ1n) is 7.21. The molecule has 0 bridgehead atoms. The maximum absolute atomic E-state index is 3.60. The van der Waals surface area contributed by atoms with E-state index in [4.69, 9.17) is 0 Å². The van der Waals surface area contributed by atoms with Crippen molar-refractivity contribution in [2.75, 3.05) is 25.5 Å². The predicted octanol–water partition coefficient (Wildman–Crippen LogP) is 3.71. The summed E-state index contributed by atoms with van der Waals surface area (Å²) in [6, 6.07) is 9.52. The Morgan fingerprint density at radius 3 is 2.89 bits per heavy atom. The highest BCUT2D eigenvalue weighted by molar-refractivity contribution is 5.46. The molecule has 0 saturated carbocycles. The van der Waals surface area contributed by atoms with Crippen molar-refractivity contribution in [3.63, 3.8) is 0 Å². The van der Waals surface area contributed by atoms with Crippen molar-refractivity contribution in [1.29, 1.82) is 0 Å². The van der Waals surface area contributed by atoms with E-state index in [2.05, 4.69) is 55.4 Å². The molecule has 1 aliphatic rings. The number of hydrogen-bond acceptors (Lipinski definition) is 2. The van der Waals surface area contributed by atoms with E-state index >= 15 is 0 Å². The van der Waals surface area contributed by atoms with Gasteiger partial charge in [-0.15, -0.1) is 0 Å². The molecule has 2 rings (SSSR count). The van der Waals surface area contributed by atoms with Gasteiger partial charge in [0.25, 0.3) is 0 Å². The van der Waals surface area contributed by atoms with Crippen molar-refractivity contribution in [2.24, 2.45) is 0 Å². The maximum Gasteiger partial charge on any atom is 0.0343 e. The molecule has 1 unspecified atom stereocenters. The Bertz CT molecular complexity index is 373. The van der Waals surface area contributed by atoms with Crippen molar-refractivity contribution in [3.8, 4) is 0 Å². The molecule has 0 spiro atoms. The number of piperidine rings is 1. The minimum absolute atomic E-state index is 0.601. The third kappa shape index (κ3) is 3.49. The summed E-state index contributed by atoms with van der Waals surface area (Å²) in [5.41, 5.74) is 2.68. The van der Waals surface area contributed by atoms with Crippen LogP contribution in [-0.4, -0.2) is 31.1 Å². The van der Waals surface area contributed by atoms with Crippen LogP contribution in [0.2, 0.25) is 0 Å². The zero-order valence-electron chi connectivity index (χ0n) is 11.9. The molecule has 2 nitrogen and oxygen atoms in total. The van der Waals surface area contributed by atoms with Gasteiger partial charge in [0.15, 0.2) is 0 Å². The third-order valence-electron chi connectivity index (χ3n) is 4.02. The lowest BCUT2D eigenvalue weighted by Crippen LogP contribution is -2.40. The molecule has 1 fully saturated rings. The van der Waals surface area contributed by atoms with E-state index < -0.39 is 0 Å². The van der Waals surface area contributed by atoms with E-state index in [1.807, 2.05) is 0 Å². The molecule has 100 valence electrons. The van der Waals surface area contributed by atoms with Gasteiger partial charge in [0.2, 0.25) is 0 Å². The van der Waals surface area contributed by atoms with Crippen LogP contribution in [0, 0.1) is 0 Å². The Balaban J connectivity index is 1.91. The SMILES string of the molecule is CC(C)c1cccc(NCC2CCCCN2C)c1. The summed E-state index contributed by atoms with van der Waals surface area (Å²) in [7, 11) is 2.25. The van der Waals surface area contributed by atoms with Gasteiger partial charge in [-0.1, -0.05) is 32.4 Å². The van der Waals surface area contributed by atoms with E-state index in [1.54, 1.807) is 0 Å². The Labute approximate surface area is 111 Å². The number of likely N-dealkylation sites (tertiary alicyclic amines) is 1. The molecule has 0 aromatic heterocycles. The van der Waals surface area contributed by atoms with Crippen LogP contribution in [0.5, 0.6) is 0 Å². The lowest BCUT2D eigenvalue weighted by Gasteiger charge is -2.32. The summed E-state index contributed by atoms with van der Waals surface area (Å²) in [6.45, 7) is 6.80. The molecule has 1 atom stereocenters. The minimum Gasteiger partial charge on any atom is -0.383 e. The van der Waals surface area contributed by atoms with Crippen LogP contribution in [0.25, 0.3) is 0 Å². The smallest absolute Gasteiger partial charge is 0.0343 e. The number of likely N-dealkylation sites (N-methyl/N-ethyl adjacent to an activating group) is 1. The number of rotatable bonds is 4. The van der Waals surface area contributed by atoms with Crippen LogP contribution in [0.4, 0.5) is 5.69 Å². The molecule has 0 radical (unpaired) electrons. The van der Waals surface area contributed by atoms with Crippen LogP contribution in [-0.2, 0) is 0 Å². The molecule has 18 heavy (non-hydrogen) atoms. The lowest BCUT2D eigenvalue weighted by atomic mass is 10.0. The van der Waals surface area contributed by atoms with Gasteiger partial charge in [0.1, 0.15) is 0 Å². The normalized spacial score (nSPS) is 21.2. The van der Waals surface area contributed by atoms with Crippen molar-refractivity contribution < 1.29 is 0 Å². The summed E-state index contributed by atoms with van der Waals surface area (Å²) in [6.07, 6.45) is 4.06. The van der Waals surface area contributed by atoms with E-state index in [0.29, 0.717) is 12.0 Å². The Hall–Kier alpha value is -1.02. The molecule has 1 saturated heterocycles. The average molecular weight is 246 g/mol. The quantitative estimate of drug-likeness (QED) is 0.871. The van der Waals surface area contributed by atoms with Gasteiger partial charge in [-0.05, 0) is 50.0 Å². The van der Waals surface area contributed by atoms with Crippen LogP contribution < -0.4 is 5.32 Å². The number of nitrogens with one attached hydrogen (secondary N) is 1. The first-order chi connectivity index (χ1) is 8.66. The molecular formula is C16H26N2. The average Bonchev–Trinajstić information content (AvgIpc) is 2.38. The Morgan fingerprint density at radius 1 is 1.33 bits per heavy atom. The zero-order valence-corrected chi connectivity index (χ0v) is 11.9. The monoisotopic (exact) mass is 246 g/mol. The van der Waals surface area contributed by atoms with Gasteiger partial charge >= 0.3 is 0 Å². The topological polar surface area (TPSA) is 15.3 Å². The number of benzene rings is 1. The summed E-state index contributed by atoms with van der Waals surface area (Å²) in [5.74, 6) is 0.601. The van der Waals surface area contributed by atoms with E-state index in [9.17, 15) is 0 Å². The zero-order chi connectivity index (χ0) is 13.0. The van der Waals surface area contributed by atoms with Gasteiger partial charge in [-0.25, -0.2) is 0 Å². The van der Waals surface area contributed by atoms with Crippen LogP contribution in [0.15, 0.2) is 24.3 Å². The largest absolute Gasteiger partial charge is 0.383 e. The van der Waals surface area contributed by atoms with Crippen molar-refractivity contribution in [3.05, 3.63) is 29.8 Å². The summed E-state index contributed by atoms with van der Waals surface area (Å²) in [4.78, 5) is 2.49. The third-order valence-corrected chi connectivity index (χ3v) is 4.02. The van der Waals surface area contributed by atoms with Crippen molar-refractivity contribution >= 4 is 5.69 Å². The highest BCUT2D eigenvalue weighted by Gasteiger charge is 2.18. The molecular weight excluding hydrogens is 220 g/mol. The minimum atomic E-state index is 0.601. The van der Waals surface area contributed by atoms with E-state index in [-0.39, 0.29) is 0 Å². The highest BCUT2D eigenvalue weighted by atomic mass is 15.2. The summed E-state index contributed by atoms with van der Waals surface area (Å²) in [5, 5.41) is 3.60. The second-order valence-corrected chi connectivity index (χ2v) is 5.79. The number of nitrogens with zero attached hydrogens (tertiary/aromatic N) is 1. The maximum atomic E-state index is 3.60. The van der Waals surface area contributed by atoms with Crippen LogP contribution in [0.1, 0.15) is 44.6 Å². The van der Waals surface area contributed by atoms with Crippen molar-refractivity contribution in [2.45, 2.75) is 45.1 Å². The van der Waals surface area contributed by atoms with Crippen LogP contribution >= 0.6 is 0 Å². The fourth-order valence-corrected chi connectivity index (χ4v) is 2.65. The number of anilines is 1. The molecule has 1 aromatic rings. The highest BCUT2D eigenvalue weighted by Crippen LogP contribution is 2.20. The molecule has 1 aliphatic heterocycles. The molecule has 0 aliphatic carbocycles. The van der Waals surface area contributed by atoms with Crippen molar-refractivity contribution in [1.82, 2.24) is 4.90 Å². The molecule has 1 heterocycles. The summed E-state index contributed by atoms with van der Waals surface area (Å²) >= 11 is 0. The molecule has 1 N–H and O–H groups in total. The predicted molar refractivity (Wildman–Crippen MR) is 79.3 cm³/mol. The van der Waals surface area contributed by atoms with Gasteiger partial charge in [0, 0.05) is 18.3 Å². The van der Waals surface area contributed by atoms with Gasteiger partial charge in [-0.2, -0.15) is 0 Å². The summed E-state index contributed by atoms with van der Waals surface area (Å²) < 4.78 is 0. The van der Waals surface area contributed by atoms with Gasteiger partial charge in [-0.3, -0.25) is 0 Å². The van der Waals surface area contributed by atoms with E-state index in [1.165, 1.54) is 37.1 Å².